The van der Waals surface area contributed by atoms with Gasteiger partial charge in [-0.1, -0.05) is 23.7 Å². The van der Waals surface area contributed by atoms with Gasteiger partial charge in [0.15, 0.2) is 0 Å². The van der Waals surface area contributed by atoms with Crippen LogP contribution in [-0.2, 0) is 15.8 Å². The molecule has 7 heteroatoms. The molecule has 0 radical (unpaired) electrons. The zero-order valence-corrected chi connectivity index (χ0v) is 13.8. The van der Waals surface area contributed by atoms with Crippen LogP contribution in [-0.4, -0.2) is 20.1 Å². The maximum absolute atomic E-state index is 12.0. The van der Waals surface area contributed by atoms with Crippen LogP contribution in [0.15, 0.2) is 35.7 Å². The summed E-state index contributed by atoms with van der Waals surface area (Å²) < 4.78 is 26.4. The Balaban J connectivity index is 1.95. The highest BCUT2D eigenvalue weighted by molar-refractivity contribution is 7.88. The molecule has 21 heavy (non-hydrogen) atoms. The Labute approximate surface area is 133 Å². The van der Waals surface area contributed by atoms with Gasteiger partial charge in [0.1, 0.15) is 6.10 Å². The Hall–Kier alpha value is -0.920. The lowest BCUT2D eigenvalue weighted by molar-refractivity contribution is 0.185. The van der Waals surface area contributed by atoms with E-state index < -0.39 is 16.1 Å². The van der Waals surface area contributed by atoms with E-state index in [1.54, 1.807) is 24.3 Å². The van der Waals surface area contributed by atoms with Crippen LogP contribution in [0.1, 0.15) is 22.1 Å². The van der Waals surface area contributed by atoms with Crippen molar-refractivity contribution in [2.24, 2.45) is 0 Å². The summed E-state index contributed by atoms with van der Waals surface area (Å²) in [7, 11) is -3.49. The van der Waals surface area contributed by atoms with Crippen molar-refractivity contribution in [2.75, 3.05) is 6.54 Å². The van der Waals surface area contributed by atoms with Crippen LogP contribution in [0.2, 0.25) is 5.02 Å². The summed E-state index contributed by atoms with van der Waals surface area (Å²) >= 11 is 7.17. The van der Waals surface area contributed by atoms with Gasteiger partial charge in [0.05, 0.1) is 5.75 Å². The van der Waals surface area contributed by atoms with Crippen LogP contribution in [0.3, 0.4) is 0 Å². The average Bonchev–Trinajstić information content (AvgIpc) is 2.85. The molecule has 0 aliphatic heterocycles. The number of halogens is 1. The SMILES string of the molecule is Cc1ccsc1C(O)CNS(=O)(=O)Cc1ccc(Cl)cc1. The van der Waals surface area contributed by atoms with E-state index in [0.29, 0.717) is 10.6 Å². The molecule has 1 atom stereocenters. The van der Waals surface area contributed by atoms with Crippen molar-refractivity contribution in [3.8, 4) is 0 Å². The highest BCUT2D eigenvalue weighted by Gasteiger charge is 2.17. The quantitative estimate of drug-likeness (QED) is 0.846. The number of nitrogens with one attached hydrogen (secondary N) is 1. The smallest absolute Gasteiger partial charge is 0.215 e. The van der Waals surface area contributed by atoms with E-state index in [2.05, 4.69) is 4.72 Å². The van der Waals surface area contributed by atoms with Gasteiger partial charge in [-0.05, 0) is 41.6 Å². The van der Waals surface area contributed by atoms with E-state index >= 15 is 0 Å². The molecule has 4 nitrogen and oxygen atoms in total. The van der Waals surface area contributed by atoms with Gasteiger partial charge in [-0.2, -0.15) is 0 Å². The summed E-state index contributed by atoms with van der Waals surface area (Å²) in [5.41, 5.74) is 1.61. The number of hydrogen-bond acceptors (Lipinski definition) is 4. The topological polar surface area (TPSA) is 66.4 Å². The van der Waals surface area contributed by atoms with Gasteiger partial charge in [-0.15, -0.1) is 11.3 Å². The van der Waals surface area contributed by atoms with Gasteiger partial charge in [0.25, 0.3) is 0 Å². The van der Waals surface area contributed by atoms with Crippen molar-refractivity contribution >= 4 is 33.0 Å². The van der Waals surface area contributed by atoms with E-state index in [1.807, 2.05) is 18.4 Å². The third kappa shape index (κ3) is 4.79. The molecule has 0 aliphatic carbocycles. The zero-order chi connectivity index (χ0) is 15.5. The predicted octanol–water partition coefficient (Wildman–Crippen LogP) is 2.86. The number of aliphatic hydroxyl groups is 1. The fraction of sp³-hybridized carbons (Fsp3) is 0.286. The molecule has 0 bridgehead atoms. The van der Waals surface area contributed by atoms with Crippen molar-refractivity contribution < 1.29 is 13.5 Å². The Kier molecular flexibility index (Phi) is 5.40. The van der Waals surface area contributed by atoms with Crippen LogP contribution in [0.4, 0.5) is 0 Å². The molecule has 0 fully saturated rings. The van der Waals surface area contributed by atoms with E-state index in [-0.39, 0.29) is 12.3 Å². The first kappa shape index (κ1) is 16.5. The maximum Gasteiger partial charge on any atom is 0.215 e. The number of thiophene rings is 1. The molecule has 0 aliphatic rings. The van der Waals surface area contributed by atoms with Crippen molar-refractivity contribution in [3.63, 3.8) is 0 Å². The van der Waals surface area contributed by atoms with Crippen molar-refractivity contribution in [1.82, 2.24) is 4.72 Å². The number of aryl methyl sites for hydroxylation is 1. The molecule has 2 aromatic rings. The summed E-state index contributed by atoms with van der Waals surface area (Å²) in [5.74, 6) is -0.139. The second-order valence-corrected chi connectivity index (χ2v) is 7.91. The minimum Gasteiger partial charge on any atom is -0.386 e. The van der Waals surface area contributed by atoms with Crippen molar-refractivity contribution in [3.05, 3.63) is 56.7 Å². The van der Waals surface area contributed by atoms with E-state index in [9.17, 15) is 13.5 Å². The molecule has 2 N–H and O–H groups in total. The first-order valence-electron chi connectivity index (χ1n) is 6.31. The van der Waals surface area contributed by atoms with Crippen molar-refractivity contribution in [2.45, 2.75) is 18.8 Å². The summed E-state index contributed by atoms with van der Waals surface area (Å²) in [5, 5.41) is 12.5. The number of rotatable bonds is 6. The van der Waals surface area contributed by atoms with E-state index in [1.165, 1.54) is 11.3 Å². The summed E-state index contributed by atoms with van der Waals surface area (Å²) in [6.45, 7) is 1.86. The summed E-state index contributed by atoms with van der Waals surface area (Å²) in [6.07, 6.45) is -0.829. The highest BCUT2D eigenvalue weighted by atomic mass is 35.5. The average molecular weight is 346 g/mol. The van der Waals surface area contributed by atoms with Gasteiger partial charge < -0.3 is 5.11 Å². The normalized spacial score (nSPS) is 13.3. The highest BCUT2D eigenvalue weighted by Crippen LogP contribution is 2.23. The molecule has 114 valence electrons. The second kappa shape index (κ2) is 6.89. The van der Waals surface area contributed by atoms with Gasteiger partial charge in [-0.3, -0.25) is 0 Å². The number of sulfonamides is 1. The Bertz CT molecular complexity index is 695. The molecule has 1 aromatic carbocycles. The zero-order valence-electron chi connectivity index (χ0n) is 11.4. The fourth-order valence-corrected chi connectivity index (χ4v) is 4.06. The molecule has 0 spiro atoms. The maximum atomic E-state index is 12.0. The molecule has 0 saturated heterocycles. The van der Waals surface area contributed by atoms with Crippen molar-refractivity contribution in [1.29, 1.82) is 0 Å². The molecule has 0 saturated carbocycles. The molecular weight excluding hydrogens is 330 g/mol. The van der Waals surface area contributed by atoms with Crippen LogP contribution in [0.25, 0.3) is 0 Å². The second-order valence-electron chi connectivity index (χ2n) is 4.72. The van der Waals surface area contributed by atoms with E-state index in [4.69, 9.17) is 11.6 Å². The standard InChI is InChI=1S/C14H16ClNO3S2/c1-10-6-7-20-14(10)13(17)8-16-21(18,19)9-11-2-4-12(15)5-3-11/h2-7,13,16-17H,8-9H2,1H3. The van der Waals surface area contributed by atoms with E-state index in [0.717, 1.165) is 10.4 Å². The minimum absolute atomic E-state index is 0.0305. The number of hydrogen-bond donors (Lipinski definition) is 2. The molecule has 1 aromatic heterocycles. The lowest BCUT2D eigenvalue weighted by atomic mass is 10.2. The Morgan fingerprint density at radius 3 is 2.52 bits per heavy atom. The van der Waals surface area contributed by atoms with Crippen LogP contribution in [0.5, 0.6) is 0 Å². The lowest BCUT2D eigenvalue weighted by Crippen LogP contribution is -2.29. The summed E-state index contributed by atoms with van der Waals surface area (Å²) in [4.78, 5) is 0.782. The molecule has 1 heterocycles. The third-order valence-corrected chi connectivity index (χ3v) is 5.66. The monoisotopic (exact) mass is 345 g/mol. The van der Waals surface area contributed by atoms with Gasteiger partial charge >= 0.3 is 0 Å². The minimum atomic E-state index is -3.49. The molecular formula is C14H16ClNO3S2. The third-order valence-electron chi connectivity index (χ3n) is 2.97. The molecule has 0 amide bonds. The van der Waals surface area contributed by atoms with Gasteiger partial charge in [0.2, 0.25) is 10.0 Å². The van der Waals surface area contributed by atoms with Crippen LogP contribution < -0.4 is 4.72 Å². The fourth-order valence-electron chi connectivity index (χ4n) is 1.88. The van der Waals surface area contributed by atoms with Gasteiger partial charge in [-0.25, -0.2) is 13.1 Å². The first-order chi connectivity index (χ1) is 9.87. The molecule has 2 rings (SSSR count). The lowest BCUT2D eigenvalue weighted by Gasteiger charge is -2.12. The number of benzene rings is 1. The van der Waals surface area contributed by atoms with Gasteiger partial charge in [0, 0.05) is 16.4 Å². The Morgan fingerprint density at radius 2 is 1.95 bits per heavy atom. The number of aliphatic hydroxyl groups excluding tert-OH is 1. The van der Waals surface area contributed by atoms with Crippen LogP contribution in [0, 0.1) is 6.92 Å². The summed E-state index contributed by atoms with van der Waals surface area (Å²) in [6, 6.07) is 8.53. The Morgan fingerprint density at radius 1 is 1.29 bits per heavy atom. The van der Waals surface area contributed by atoms with Crippen LogP contribution >= 0.6 is 22.9 Å². The predicted molar refractivity (Wildman–Crippen MR) is 86.1 cm³/mol. The molecule has 1 unspecified atom stereocenters. The largest absolute Gasteiger partial charge is 0.386 e. The first-order valence-corrected chi connectivity index (χ1v) is 9.22.